The van der Waals surface area contributed by atoms with Gasteiger partial charge in [0.25, 0.3) is 0 Å². The Bertz CT molecular complexity index is 530. The molecule has 1 N–H and O–H groups in total. The third kappa shape index (κ3) is 6.48. The second-order valence-electron chi connectivity index (χ2n) is 6.57. The van der Waals surface area contributed by atoms with Crippen LogP contribution in [-0.2, 0) is 6.54 Å². The van der Waals surface area contributed by atoms with Crippen LogP contribution in [0, 0.1) is 0 Å². The first-order valence-corrected chi connectivity index (χ1v) is 9.17. The number of hydrogen-bond acceptors (Lipinski definition) is 1. The van der Waals surface area contributed by atoms with E-state index < -0.39 is 0 Å². The average Bonchev–Trinajstić information content (AvgIpc) is 2.61. The van der Waals surface area contributed by atoms with Crippen molar-refractivity contribution in [2.24, 2.45) is 0 Å². The van der Waals surface area contributed by atoms with E-state index in [-0.39, 0.29) is 0 Å². The van der Waals surface area contributed by atoms with E-state index in [0.29, 0.717) is 5.92 Å². The van der Waals surface area contributed by atoms with Crippen molar-refractivity contribution in [3.63, 3.8) is 0 Å². The van der Waals surface area contributed by atoms with Gasteiger partial charge < -0.3 is 5.32 Å². The maximum absolute atomic E-state index is 3.46. The van der Waals surface area contributed by atoms with Crippen molar-refractivity contribution in [2.75, 3.05) is 5.32 Å². The number of benzene rings is 2. The molecule has 23 heavy (non-hydrogen) atoms. The molecule has 0 aromatic heterocycles. The molecule has 0 amide bonds. The molecule has 1 unspecified atom stereocenters. The molecule has 0 aliphatic rings. The van der Waals surface area contributed by atoms with Crippen molar-refractivity contribution in [2.45, 2.75) is 64.8 Å². The number of para-hydroxylation sites is 1. The van der Waals surface area contributed by atoms with E-state index in [1.165, 1.54) is 55.3 Å². The smallest absolute Gasteiger partial charge is 0.0400 e. The molecule has 2 rings (SSSR count). The molecule has 0 bridgehead atoms. The van der Waals surface area contributed by atoms with Crippen LogP contribution in [0.3, 0.4) is 0 Å². The largest absolute Gasteiger partial charge is 0.381 e. The van der Waals surface area contributed by atoms with Gasteiger partial charge in [0.2, 0.25) is 0 Å². The van der Waals surface area contributed by atoms with Gasteiger partial charge in [-0.05, 0) is 35.6 Å². The fourth-order valence-corrected chi connectivity index (χ4v) is 2.94. The molecule has 124 valence electrons. The number of nitrogens with one attached hydrogen (secondary N) is 1. The lowest BCUT2D eigenvalue weighted by atomic mass is 9.94. The lowest BCUT2D eigenvalue weighted by Crippen LogP contribution is -2.00. The Morgan fingerprint density at radius 2 is 1.52 bits per heavy atom. The molecule has 0 radical (unpaired) electrons. The third-order valence-electron chi connectivity index (χ3n) is 4.56. The molecule has 2 aromatic carbocycles. The number of hydrogen-bond donors (Lipinski definition) is 1. The monoisotopic (exact) mass is 309 g/mol. The summed E-state index contributed by atoms with van der Waals surface area (Å²) in [5.74, 6) is 0.674. The van der Waals surface area contributed by atoms with Gasteiger partial charge in [0.05, 0.1) is 0 Å². The van der Waals surface area contributed by atoms with Crippen molar-refractivity contribution in [3.8, 4) is 0 Å². The fourth-order valence-electron chi connectivity index (χ4n) is 2.94. The van der Waals surface area contributed by atoms with Crippen LogP contribution in [0.2, 0.25) is 0 Å². The molecule has 0 aliphatic carbocycles. The van der Waals surface area contributed by atoms with Gasteiger partial charge in [0.15, 0.2) is 0 Å². The first-order chi connectivity index (χ1) is 11.3. The van der Waals surface area contributed by atoms with Gasteiger partial charge in [0, 0.05) is 12.2 Å². The number of anilines is 1. The van der Waals surface area contributed by atoms with Crippen molar-refractivity contribution in [1.29, 1.82) is 0 Å². The summed E-state index contributed by atoms with van der Waals surface area (Å²) >= 11 is 0. The van der Waals surface area contributed by atoms with Gasteiger partial charge in [-0.25, -0.2) is 0 Å². The summed E-state index contributed by atoms with van der Waals surface area (Å²) < 4.78 is 0. The maximum Gasteiger partial charge on any atom is 0.0400 e. The zero-order chi connectivity index (χ0) is 16.3. The van der Waals surface area contributed by atoms with Crippen LogP contribution < -0.4 is 5.32 Å². The van der Waals surface area contributed by atoms with Gasteiger partial charge in [-0.2, -0.15) is 0 Å². The van der Waals surface area contributed by atoms with Gasteiger partial charge in [-0.3, -0.25) is 0 Å². The van der Waals surface area contributed by atoms with Crippen molar-refractivity contribution in [3.05, 3.63) is 65.7 Å². The highest BCUT2D eigenvalue weighted by Crippen LogP contribution is 2.23. The highest BCUT2D eigenvalue weighted by atomic mass is 14.9. The van der Waals surface area contributed by atoms with Gasteiger partial charge in [-0.1, -0.05) is 88.4 Å². The first-order valence-electron chi connectivity index (χ1n) is 9.17. The molecule has 1 nitrogen and oxygen atoms in total. The predicted molar refractivity (Wildman–Crippen MR) is 102 cm³/mol. The standard InChI is InChI=1S/C22H31N/c1-3-4-5-6-8-11-19(2)21-16-14-20(15-17-21)18-23-22-12-9-7-10-13-22/h7,9-10,12-17,19,23H,3-6,8,11,18H2,1-2H3. The number of unbranched alkanes of at least 4 members (excludes halogenated alkanes) is 4. The first kappa shape index (κ1) is 17.6. The van der Waals surface area contributed by atoms with E-state index in [9.17, 15) is 0 Å². The normalized spacial score (nSPS) is 12.1. The summed E-state index contributed by atoms with van der Waals surface area (Å²) in [6, 6.07) is 19.5. The van der Waals surface area contributed by atoms with Crippen molar-refractivity contribution >= 4 is 5.69 Å². The topological polar surface area (TPSA) is 12.0 Å². The van der Waals surface area contributed by atoms with Crippen LogP contribution >= 0.6 is 0 Å². The zero-order valence-electron chi connectivity index (χ0n) is 14.7. The minimum Gasteiger partial charge on any atom is -0.381 e. The number of rotatable bonds is 10. The van der Waals surface area contributed by atoms with E-state index in [0.717, 1.165) is 6.54 Å². The Balaban J connectivity index is 1.75. The van der Waals surface area contributed by atoms with Crippen LogP contribution in [0.5, 0.6) is 0 Å². The minimum absolute atomic E-state index is 0.674. The highest BCUT2D eigenvalue weighted by molar-refractivity contribution is 5.43. The van der Waals surface area contributed by atoms with Crippen LogP contribution in [0.25, 0.3) is 0 Å². The summed E-state index contributed by atoms with van der Waals surface area (Å²) in [5, 5.41) is 3.46. The molecule has 0 spiro atoms. The van der Waals surface area contributed by atoms with Crippen molar-refractivity contribution < 1.29 is 0 Å². The lowest BCUT2D eigenvalue weighted by molar-refractivity contribution is 0.567. The Labute approximate surface area is 142 Å². The molecule has 0 saturated carbocycles. The van der Waals surface area contributed by atoms with E-state index in [2.05, 4.69) is 67.7 Å². The lowest BCUT2D eigenvalue weighted by Gasteiger charge is -2.13. The summed E-state index contributed by atoms with van der Waals surface area (Å²) in [5.41, 5.74) is 3.99. The highest BCUT2D eigenvalue weighted by Gasteiger charge is 2.05. The Morgan fingerprint density at radius 3 is 2.22 bits per heavy atom. The van der Waals surface area contributed by atoms with Gasteiger partial charge in [-0.15, -0.1) is 0 Å². The molecule has 0 aliphatic heterocycles. The van der Waals surface area contributed by atoms with E-state index in [1.807, 2.05) is 6.07 Å². The van der Waals surface area contributed by atoms with Gasteiger partial charge >= 0.3 is 0 Å². The molecule has 0 heterocycles. The van der Waals surface area contributed by atoms with Crippen molar-refractivity contribution in [1.82, 2.24) is 0 Å². The van der Waals surface area contributed by atoms with Crippen LogP contribution in [-0.4, -0.2) is 0 Å². The van der Waals surface area contributed by atoms with E-state index in [4.69, 9.17) is 0 Å². The molecule has 2 aromatic rings. The molecule has 1 atom stereocenters. The Morgan fingerprint density at radius 1 is 0.826 bits per heavy atom. The molecular formula is C22H31N. The second-order valence-corrected chi connectivity index (χ2v) is 6.57. The van der Waals surface area contributed by atoms with Gasteiger partial charge in [0.1, 0.15) is 0 Å². The molecule has 0 saturated heterocycles. The van der Waals surface area contributed by atoms with Crippen LogP contribution in [0.4, 0.5) is 5.69 Å². The minimum atomic E-state index is 0.674. The summed E-state index contributed by atoms with van der Waals surface area (Å²) in [6.07, 6.45) is 8.17. The predicted octanol–water partition coefficient (Wildman–Crippen LogP) is 6.76. The Kier molecular flexibility index (Phi) is 7.72. The Hall–Kier alpha value is -1.76. The van der Waals surface area contributed by atoms with Crippen LogP contribution in [0.1, 0.15) is 69.4 Å². The molecule has 0 fully saturated rings. The SMILES string of the molecule is CCCCCCCC(C)c1ccc(CNc2ccccc2)cc1. The summed E-state index contributed by atoms with van der Waals surface area (Å²) in [7, 11) is 0. The molecule has 1 heteroatoms. The summed E-state index contributed by atoms with van der Waals surface area (Å²) in [6.45, 7) is 5.52. The molecular weight excluding hydrogens is 278 g/mol. The maximum atomic E-state index is 3.46. The fraction of sp³-hybridized carbons (Fsp3) is 0.455. The van der Waals surface area contributed by atoms with E-state index >= 15 is 0 Å². The third-order valence-corrected chi connectivity index (χ3v) is 4.56. The average molecular weight is 309 g/mol. The zero-order valence-corrected chi connectivity index (χ0v) is 14.7. The quantitative estimate of drug-likeness (QED) is 0.478. The van der Waals surface area contributed by atoms with Crippen LogP contribution in [0.15, 0.2) is 54.6 Å². The second kappa shape index (κ2) is 10.1. The summed E-state index contributed by atoms with van der Waals surface area (Å²) in [4.78, 5) is 0. The van der Waals surface area contributed by atoms with E-state index in [1.54, 1.807) is 0 Å².